The molecule has 5 nitrogen and oxygen atoms in total. The Morgan fingerprint density at radius 2 is 2.47 bits per heavy atom. The van der Waals surface area contributed by atoms with E-state index in [2.05, 4.69) is 11.9 Å². The molecule has 3 N–H and O–H groups in total. The molecule has 2 heterocycles. The standard InChI is InChI=1S/C12H17N3O2/c1-8-3-5-15(10(8)7-16)12(17)9-2-4-14-11(13)6-9/h2,4,6,8,10,16H,3,5,7H2,1H3,(H2,13,14). The van der Waals surface area contributed by atoms with Gasteiger partial charge in [0.15, 0.2) is 0 Å². The van der Waals surface area contributed by atoms with Crippen molar-refractivity contribution in [3.8, 4) is 0 Å². The van der Waals surface area contributed by atoms with Crippen LogP contribution in [-0.2, 0) is 0 Å². The van der Waals surface area contributed by atoms with Crippen LogP contribution in [0.3, 0.4) is 0 Å². The zero-order chi connectivity index (χ0) is 12.4. The summed E-state index contributed by atoms with van der Waals surface area (Å²) in [5, 5.41) is 9.33. The van der Waals surface area contributed by atoms with Crippen LogP contribution in [0.1, 0.15) is 23.7 Å². The highest BCUT2D eigenvalue weighted by molar-refractivity contribution is 5.95. The fourth-order valence-corrected chi connectivity index (χ4v) is 2.29. The number of pyridine rings is 1. The van der Waals surface area contributed by atoms with E-state index >= 15 is 0 Å². The van der Waals surface area contributed by atoms with Crippen molar-refractivity contribution in [1.29, 1.82) is 0 Å². The van der Waals surface area contributed by atoms with Crippen molar-refractivity contribution in [3.05, 3.63) is 23.9 Å². The van der Waals surface area contributed by atoms with Crippen LogP contribution in [0.4, 0.5) is 5.82 Å². The number of rotatable bonds is 2. The molecule has 1 amide bonds. The minimum absolute atomic E-state index is 0.00741. The van der Waals surface area contributed by atoms with Crippen LogP contribution in [0, 0.1) is 5.92 Å². The Balaban J connectivity index is 2.20. The second kappa shape index (κ2) is 4.71. The monoisotopic (exact) mass is 235 g/mol. The molecule has 17 heavy (non-hydrogen) atoms. The van der Waals surface area contributed by atoms with Crippen molar-refractivity contribution in [2.24, 2.45) is 5.92 Å². The Hall–Kier alpha value is -1.62. The number of nitrogens with zero attached hydrogens (tertiary/aromatic N) is 2. The number of anilines is 1. The molecule has 0 bridgehead atoms. The van der Waals surface area contributed by atoms with E-state index in [0.29, 0.717) is 23.8 Å². The molecule has 0 radical (unpaired) electrons. The van der Waals surface area contributed by atoms with Crippen molar-refractivity contribution in [1.82, 2.24) is 9.88 Å². The lowest BCUT2D eigenvalue weighted by atomic mass is 10.0. The number of aliphatic hydroxyl groups excluding tert-OH is 1. The summed E-state index contributed by atoms with van der Waals surface area (Å²) < 4.78 is 0. The van der Waals surface area contributed by atoms with Crippen LogP contribution in [0.5, 0.6) is 0 Å². The molecule has 1 aliphatic heterocycles. The van der Waals surface area contributed by atoms with Crippen LogP contribution in [0.2, 0.25) is 0 Å². The number of amides is 1. The second-order valence-corrected chi connectivity index (χ2v) is 4.48. The molecule has 0 aliphatic carbocycles. The van der Waals surface area contributed by atoms with E-state index < -0.39 is 0 Å². The molecule has 92 valence electrons. The average molecular weight is 235 g/mol. The third kappa shape index (κ3) is 2.24. The molecule has 1 aromatic rings. The maximum absolute atomic E-state index is 12.2. The summed E-state index contributed by atoms with van der Waals surface area (Å²) in [5.41, 5.74) is 6.09. The predicted octanol–water partition coefficient (Wildman–Crippen LogP) is 0.507. The summed E-state index contributed by atoms with van der Waals surface area (Å²) in [5.74, 6) is 0.592. The molecule has 1 fully saturated rings. The van der Waals surface area contributed by atoms with E-state index in [4.69, 9.17) is 5.73 Å². The number of hydrogen-bond donors (Lipinski definition) is 2. The molecular weight excluding hydrogens is 218 g/mol. The number of carbonyl (C=O) groups excluding carboxylic acids is 1. The van der Waals surface area contributed by atoms with E-state index in [-0.39, 0.29) is 18.6 Å². The quantitative estimate of drug-likeness (QED) is 0.782. The Morgan fingerprint density at radius 3 is 3.12 bits per heavy atom. The van der Waals surface area contributed by atoms with Crippen molar-refractivity contribution >= 4 is 11.7 Å². The summed E-state index contributed by atoms with van der Waals surface area (Å²) in [6.45, 7) is 2.75. The normalized spacial score (nSPS) is 24.0. The van der Waals surface area contributed by atoms with Gasteiger partial charge in [-0.05, 0) is 24.5 Å². The fourth-order valence-electron chi connectivity index (χ4n) is 2.29. The number of nitrogens with two attached hydrogens (primary N) is 1. The summed E-state index contributed by atoms with van der Waals surface area (Å²) in [6.07, 6.45) is 2.45. The Labute approximate surface area is 100 Å². The van der Waals surface area contributed by atoms with Crippen LogP contribution in [0.15, 0.2) is 18.3 Å². The molecule has 5 heteroatoms. The largest absolute Gasteiger partial charge is 0.394 e. The summed E-state index contributed by atoms with van der Waals surface area (Å²) in [4.78, 5) is 17.8. The molecule has 1 aromatic heterocycles. The average Bonchev–Trinajstić information content (AvgIpc) is 2.69. The van der Waals surface area contributed by atoms with Gasteiger partial charge in [0.2, 0.25) is 0 Å². The number of hydrogen-bond acceptors (Lipinski definition) is 4. The van der Waals surface area contributed by atoms with Gasteiger partial charge in [0, 0.05) is 18.3 Å². The third-order valence-electron chi connectivity index (χ3n) is 3.36. The van der Waals surface area contributed by atoms with Crippen molar-refractivity contribution in [2.45, 2.75) is 19.4 Å². The van der Waals surface area contributed by atoms with Gasteiger partial charge in [-0.1, -0.05) is 6.92 Å². The highest BCUT2D eigenvalue weighted by Gasteiger charge is 2.34. The van der Waals surface area contributed by atoms with Gasteiger partial charge < -0.3 is 15.7 Å². The van der Waals surface area contributed by atoms with Gasteiger partial charge in [-0.25, -0.2) is 4.98 Å². The van der Waals surface area contributed by atoms with Gasteiger partial charge in [0.05, 0.1) is 12.6 Å². The predicted molar refractivity (Wildman–Crippen MR) is 64.3 cm³/mol. The van der Waals surface area contributed by atoms with E-state index in [1.807, 2.05) is 0 Å². The summed E-state index contributed by atoms with van der Waals surface area (Å²) >= 11 is 0. The molecule has 0 saturated carbocycles. The number of aliphatic hydroxyl groups is 1. The van der Waals surface area contributed by atoms with E-state index in [0.717, 1.165) is 6.42 Å². The van der Waals surface area contributed by atoms with Crippen LogP contribution < -0.4 is 5.73 Å². The lowest BCUT2D eigenvalue weighted by molar-refractivity contribution is 0.0648. The topological polar surface area (TPSA) is 79.5 Å². The number of nitrogen functional groups attached to an aromatic ring is 1. The summed E-state index contributed by atoms with van der Waals surface area (Å²) in [7, 11) is 0. The SMILES string of the molecule is CC1CCN(C(=O)c2ccnc(N)c2)C1CO. The van der Waals surface area contributed by atoms with Crippen LogP contribution in [0.25, 0.3) is 0 Å². The lowest BCUT2D eigenvalue weighted by Gasteiger charge is -2.25. The first-order chi connectivity index (χ1) is 8.13. The highest BCUT2D eigenvalue weighted by Crippen LogP contribution is 2.25. The van der Waals surface area contributed by atoms with Gasteiger partial charge in [-0.15, -0.1) is 0 Å². The molecule has 1 saturated heterocycles. The maximum Gasteiger partial charge on any atom is 0.254 e. The molecule has 0 spiro atoms. The van der Waals surface area contributed by atoms with Gasteiger partial charge in [0.1, 0.15) is 5.82 Å². The zero-order valence-electron chi connectivity index (χ0n) is 9.84. The second-order valence-electron chi connectivity index (χ2n) is 4.48. The van der Waals surface area contributed by atoms with Crippen molar-refractivity contribution < 1.29 is 9.90 Å². The number of carbonyl (C=O) groups is 1. The van der Waals surface area contributed by atoms with Gasteiger partial charge >= 0.3 is 0 Å². The minimum atomic E-state index is -0.0862. The van der Waals surface area contributed by atoms with Gasteiger partial charge in [0.25, 0.3) is 5.91 Å². The minimum Gasteiger partial charge on any atom is -0.394 e. The highest BCUT2D eigenvalue weighted by atomic mass is 16.3. The molecule has 0 aromatic carbocycles. The van der Waals surface area contributed by atoms with E-state index in [1.165, 1.54) is 6.20 Å². The van der Waals surface area contributed by atoms with Gasteiger partial charge in [-0.3, -0.25) is 4.79 Å². The third-order valence-corrected chi connectivity index (χ3v) is 3.36. The van der Waals surface area contributed by atoms with E-state index in [1.54, 1.807) is 17.0 Å². The number of aromatic nitrogens is 1. The van der Waals surface area contributed by atoms with Crippen molar-refractivity contribution in [3.63, 3.8) is 0 Å². The summed E-state index contributed by atoms with van der Waals surface area (Å²) in [6, 6.07) is 3.13. The smallest absolute Gasteiger partial charge is 0.254 e. The van der Waals surface area contributed by atoms with E-state index in [9.17, 15) is 9.90 Å². The molecular formula is C12H17N3O2. The van der Waals surface area contributed by atoms with Crippen molar-refractivity contribution in [2.75, 3.05) is 18.9 Å². The molecule has 2 rings (SSSR count). The zero-order valence-corrected chi connectivity index (χ0v) is 9.84. The van der Waals surface area contributed by atoms with Crippen LogP contribution >= 0.6 is 0 Å². The first-order valence-corrected chi connectivity index (χ1v) is 5.77. The van der Waals surface area contributed by atoms with Gasteiger partial charge in [-0.2, -0.15) is 0 Å². The molecule has 2 atom stereocenters. The lowest BCUT2D eigenvalue weighted by Crippen LogP contribution is -2.39. The fraction of sp³-hybridized carbons (Fsp3) is 0.500. The Bertz CT molecular complexity index is 422. The number of likely N-dealkylation sites (tertiary alicyclic amines) is 1. The first-order valence-electron chi connectivity index (χ1n) is 5.77. The Kier molecular flexibility index (Phi) is 3.28. The first kappa shape index (κ1) is 11.9. The Morgan fingerprint density at radius 1 is 1.71 bits per heavy atom. The molecule has 2 unspecified atom stereocenters. The maximum atomic E-state index is 12.2. The van der Waals surface area contributed by atoms with Crippen LogP contribution in [-0.4, -0.2) is 40.1 Å². The molecule has 1 aliphatic rings.